The third-order valence-electron chi connectivity index (χ3n) is 7.78. The molecule has 2 aliphatic rings. The van der Waals surface area contributed by atoms with Crippen molar-refractivity contribution >= 4 is 11.6 Å². The molecule has 186 valence electrons. The van der Waals surface area contributed by atoms with E-state index in [1.165, 1.54) is 27.8 Å². The molecule has 36 heavy (non-hydrogen) atoms. The van der Waals surface area contributed by atoms with Crippen LogP contribution < -0.4 is 0 Å². The summed E-state index contributed by atoms with van der Waals surface area (Å²) in [5.74, 6) is 0.795. The van der Waals surface area contributed by atoms with Gasteiger partial charge >= 0.3 is 0 Å². The number of nitrogens with zero attached hydrogens (tertiary/aromatic N) is 3. The van der Waals surface area contributed by atoms with Gasteiger partial charge in [-0.05, 0) is 81.3 Å². The molecule has 0 N–H and O–H groups in total. The highest BCUT2D eigenvalue weighted by Gasteiger charge is 2.35. The highest BCUT2D eigenvalue weighted by atomic mass is 16.2. The van der Waals surface area contributed by atoms with E-state index in [-0.39, 0.29) is 11.9 Å². The van der Waals surface area contributed by atoms with Crippen molar-refractivity contribution in [1.82, 2.24) is 9.91 Å². The first-order chi connectivity index (χ1) is 17.5. The second kappa shape index (κ2) is 10.8. The van der Waals surface area contributed by atoms with Gasteiger partial charge in [0.2, 0.25) is 0 Å². The molecule has 2 aliphatic heterocycles. The molecular formula is C32H37N3O. The SMILES string of the molecule is Cc1ccc(C2=NN(C(=O)CN3CCC(Cc4ccccc4)CC3)[C@@H](c3cc(C)ccc3C)C2)cc1. The van der Waals surface area contributed by atoms with Crippen LogP contribution in [0.1, 0.15) is 58.7 Å². The fourth-order valence-electron chi connectivity index (χ4n) is 5.58. The number of hydrazone groups is 1. The summed E-state index contributed by atoms with van der Waals surface area (Å²) in [5, 5.41) is 6.71. The van der Waals surface area contributed by atoms with Crippen LogP contribution in [0.25, 0.3) is 0 Å². The number of hydrogen-bond donors (Lipinski definition) is 0. The lowest BCUT2D eigenvalue weighted by Gasteiger charge is -2.33. The van der Waals surface area contributed by atoms with Gasteiger partial charge in [-0.2, -0.15) is 5.10 Å². The summed E-state index contributed by atoms with van der Waals surface area (Å²) in [7, 11) is 0. The predicted octanol–water partition coefficient (Wildman–Crippen LogP) is 6.24. The zero-order valence-electron chi connectivity index (χ0n) is 21.8. The lowest BCUT2D eigenvalue weighted by molar-refractivity contribution is -0.134. The summed E-state index contributed by atoms with van der Waals surface area (Å²) in [5.41, 5.74) is 8.38. The van der Waals surface area contributed by atoms with E-state index in [0.29, 0.717) is 12.5 Å². The number of likely N-dealkylation sites (tertiary alicyclic amines) is 1. The molecule has 1 saturated heterocycles. The average molecular weight is 480 g/mol. The van der Waals surface area contributed by atoms with Gasteiger partial charge in [-0.1, -0.05) is 83.9 Å². The summed E-state index contributed by atoms with van der Waals surface area (Å²) in [6.07, 6.45) is 4.16. The Hall–Kier alpha value is -3.24. The molecule has 1 atom stereocenters. The molecule has 0 spiro atoms. The Morgan fingerprint density at radius 2 is 1.58 bits per heavy atom. The molecule has 5 rings (SSSR count). The number of amides is 1. The van der Waals surface area contributed by atoms with E-state index in [1.54, 1.807) is 5.01 Å². The molecular weight excluding hydrogens is 442 g/mol. The van der Waals surface area contributed by atoms with Gasteiger partial charge in [0.25, 0.3) is 5.91 Å². The Kier molecular flexibility index (Phi) is 7.33. The van der Waals surface area contributed by atoms with Crippen molar-refractivity contribution in [3.63, 3.8) is 0 Å². The zero-order valence-corrected chi connectivity index (χ0v) is 21.8. The number of carbonyl (C=O) groups is 1. The summed E-state index contributed by atoms with van der Waals surface area (Å²) in [6, 6.07) is 25.7. The predicted molar refractivity (Wildman–Crippen MR) is 147 cm³/mol. The molecule has 1 amide bonds. The molecule has 1 fully saturated rings. The molecule has 0 radical (unpaired) electrons. The van der Waals surface area contributed by atoms with E-state index in [9.17, 15) is 4.79 Å². The molecule has 4 nitrogen and oxygen atoms in total. The van der Waals surface area contributed by atoms with Crippen LogP contribution in [-0.4, -0.2) is 41.2 Å². The molecule has 2 heterocycles. The van der Waals surface area contributed by atoms with Gasteiger partial charge in [-0.15, -0.1) is 0 Å². The van der Waals surface area contributed by atoms with E-state index < -0.39 is 0 Å². The van der Waals surface area contributed by atoms with Crippen LogP contribution in [0.2, 0.25) is 0 Å². The van der Waals surface area contributed by atoms with Crippen molar-refractivity contribution in [2.75, 3.05) is 19.6 Å². The summed E-state index contributed by atoms with van der Waals surface area (Å²) in [6.45, 7) is 8.73. The van der Waals surface area contributed by atoms with Gasteiger partial charge in [-0.3, -0.25) is 9.69 Å². The van der Waals surface area contributed by atoms with Gasteiger partial charge in [0.05, 0.1) is 18.3 Å². The Bertz CT molecular complexity index is 1220. The monoisotopic (exact) mass is 479 g/mol. The van der Waals surface area contributed by atoms with E-state index >= 15 is 0 Å². The van der Waals surface area contributed by atoms with Crippen molar-refractivity contribution in [3.8, 4) is 0 Å². The van der Waals surface area contributed by atoms with Crippen LogP contribution in [-0.2, 0) is 11.2 Å². The maximum absolute atomic E-state index is 13.7. The first kappa shape index (κ1) is 24.5. The minimum Gasteiger partial charge on any atom is -0.294 e. The molecule has 0 aromatic heterocycles. The van der Waals surface area contributed by atoms with Gasteiger partial charge in [0.15, 0.2) is 0 Å². The van der Waals surface area contributed by atoms with Crippen LogP contribution in [0.5, 0.6) is 0 Å². The smallest absolute Gasteiger partial charge is 0.257 e. The highest BCUT2D eigenvalue weighted by molar-refractivity contribution is 6.03. The average Bonchev–Trinajstić information content (AvgIpc) is 3.33. The molecule has 0 bridgehead atoms. The number of carbonyl (C=O) groups excluding carboxylic acids is 1. The second-order valence-electron chi connectivity index (χ2n) is 10.6. The van der Waals surface area contributed by atoms with Gasteiger partial charge in [0.1, 0.15) is 0 Å². The molecule has 4 heteroatoms. The number of rotatable bonds is 6. The van der Waals surface area contributed by atoms with Crippen LogP contribution >= 0.6 is 0 Å². The Morgan fingerprint density at radius 3 is 2.31 bits per heavy atom. The second-order valence-corrected chi connectivity index (χ2v) is 10.6. The normalized spacial score (nSPS) is 18.9. The largest absolute Gasteiger partial charge is 0.294 e. The van der Waals surface area contributed by atoms with E-state index in [1.807, 2.05) is 0 Å². The molecule has 0 aliphatic carbocycles. The Labute approximate surface area is 215 Å². The van der Waals surface area contributed by atoms with Crippen LogP contribution in [0.15, 0.2) is 77.9 Å². The fraction of sp³-hybridized carbons (Fsp3) is 0.375. The van der Waals surface area contributed by atoms with Crippen LogP contribution in [0.4, 0.5) is 0 Å². The first-order valence-corrected chi connectivity index (χ1v) is 13.3. The number of hydrogen-bond acceptors (Lipinski definition) is 3. The summed E-state index contributed by atoms with van der Waals surface area (Å²) in [4.78, 5) is 16.0. The van der Waals surface area contributed by atoms with Crippen molar-refractivity contribution in [1.29, 1.82) is 0 Å². The van der Waals surface area contributed by atoms with Crippen molar-refractivity contribution < 1.29 is 4.79 Å². The molecule has 0 saturated carbocycles. The van der Waals surface area contributed by atoms with Crippen LogP contribution in [0.3, 0.4) is 0 Å². The van der Waals surface area contributed by atoms with E-state index in [4.69, 9.17) is 5.10 Å². The number of benzene rings is 3. The number of aryl methyl sites for hydroxylation is 3. The zero-order chi connectivity index (χ0) is 25.1. The van der Waals surface area contributed by atoms with Crippen molar-refractivity contribution in [2.45, 2.75) is 52.5 Å². The standard InChI is InChI=1S/C32H37N3O/c1-23-10-13-28(14-11-23)30-21-31(29-19-24(2)9-12-25(29)3)35(33-30)32(36)22-34-17-15-27(16-18-34)20-26-7-5-4-6-8-26/h4-14,19,27,31H,15-18,20-22H2,1-3H3/t31-/m1/s1. The summed E-state index contributed by atoms with van der Waals surface area (Å²) < 4.78 is 0. The van der Waals surface area contributed by atoms with E-state index in [2.05, 4.69) is 98.5 Å². The Balaban J connectivity index is 1.29. The maximum Gasteiger partial charge on any atom is 0.257 e. The number of piperidine rings is 1. The molecule has 0 unspecified atom stereocenters. The maximum atomic E-state index is 13.7. The van der Waals surface area contributed by atoms with Gasteiger partial charge < -0.3 is 0 Å². The third-order valence-corrected chi connectivity index (χ3v) is 7.78. The summed E-state index contributed by atoms with van der Waals surface area (Å²) >= 11 is 0. The lowest BCUT2D eigenvalue weighted by atomic mass is 9.90. The third kappa shape index (κ3) is 5.60. The minimum absolute atomic E-state index is 0.0516. The highest BCUT2D eigenvalue weighted by Crippen LogP contribution is 2.35. The van der Waals surface area contributed by atoms with Crippen molar-refractivity contribution in [2.24, 2.45) is 11.0 Å². The topological polar surface area (TPSA) is 35.9 Å². The minimum atomic E-state index is -0.0516. The molecule has 3 aromatic carbocycles. The van der Waals surface area contributed by atoms with E-state index in [0.717, 1.165) is 50.0 Å². The van der Waals surface area contributed by atoms with Gasteiger partial charge in [-0.25, -0.2) is 5.01 Å². The fourth-order valence-corrected chi connectivity index (χ4v) is 5.58. The van der Waals surface area contributed by atoms with Gasteiger partial charge in [0, 0.05) is 6.42 Å². The quantitative estimate of drug-likeness (QED) is 0.419. The van der Waals surface area contributed by atoms with Crippen LogP contribution in [0, 0.1) is 26.7 Å². The molecule has 3 aromatic rings. The lowest BCUT2D eigenvalue weighted by Crippen LogP contribution is -2.42. The van der Waals surface area contributed by atoms with Crippen molar-refractivity contribution in [3.05, 3.63) is 106 Å². The first-order valence-electron chi connectivity index (χ1n) is 13.3. The Morgan fingerprint density at radius 1 is 0.889 bits per heavy atom.